The molecule has 2 rings (SSSR count). The number of nitro groups is 1. The summed E-state index contributed by atoms with van der Waals surface area (Å²) in [6.45, 7) is 0. The van der Waals surface area contributed by atoms with E-state index in [1.807, 2.05) is 0 Å². The van der Waals surface area contributed by atoms with Crippen LogP contribution in [-0.2, 0) is 13.2 Å². The third-order valence-corrected chi connectivity index (χ3v) is 2.70. The fraction of sp³-hybridized carbons (Fsp3) is 0.182. The van der Waals surface area contributed by atoms with Crippen molar-refractivity contribution in [2.24, 2.45) is 7.05 Å². The molecule has 0 bridgehead atoms. The van der Waals surface area contributed by atoms with Crippen LogP contribution in [0.1, 0.15) is 5.56 Å². The van der Waals surface area contributed by atoms with Crippen LogP contribution in [0.25, 0.3) is 5.69 Å². The predicted molar refractivity (Wildman–Crippen MR) is 62.7 cm³/mol. The van der Waals surface area contributed by atoms with Gasteiger partial charge in [-0.3, -0.25) is 14.7 Å². The molecule has 2 aromatic rings. The molecule has 0 saturated heterocycles. The summed E-state index contributed by atoms with van der Waals surface area (Å²) in [4.78, 5) is 21.3. The molecule has 9 heteroatoms. The highest BCUT2D eigenvalue weighted by molar-refractivity contribution is 5.50. The van der Waals surface area contributed by atoms with Crippen molar-refractivity contribution in [2.45, 2.75) is 6.18 Å². The molecule has 0 saturated carbocycles. The fourth-order valence-corrected chi connectivity index (χ4v) is 1.72. The van der Waals surface area contributed by atoms with Crippen molar-refractivity contribution in [3.8, 4) is 5.69 Å². The van der Waals surface area contributed by atoms with Crippen molar-refractivity contribution >= 4 is 5.69 Å². The van der Waals surface area contributed by atoms with Crippen LogP contribution >= 0.6 is 0 Å². The highest BCUT2D eigenvalue weighted by Crippen LogP contribution is 2.35. The quantitative estimate of drug-likeness (QED) is 0.627. The normalized spacial score (nSPS) is 11.6. The number of hydrogen-bond donors (Lipinski definition) is 0. The Morgan fingerprint density at radius 2 is 1.90 bits per heavy atom. The van der Waals surface area contributed by atoms with Gasteiger partial charge in [0, 0.05) is 31.6 Å². The van der Waals surface area contributed by atoms with Crippen LogP contribution in [0.3, 0.4) is 0 Å². The molecule has 106 valence electrons. The van der Waals surface area contributed by atoms with E-state index in [9.17, 15) is 28.1 Å². The topological polar surface area (TPSA) is 70.1 Å². The third kappa shape index (κ3) is 2.29. The minimum atomic E-state index is -4.81. The SMILES string of the molecule is Cn1ccn(-c2ccc([N+](=O)[O-])cc2C(F)(F)F)c1=O. The molecular weight excluding hydrogens is 279 g/mol. The van der Waals surface area contributed by atoms with E-state index in [-0.39, 0.29) is 0 Å². The van der Waals surface area contributed by atoms with E-state index in [2.05, 4.69) is 0 Å². The summed E-state index contributed by atoms with van der Waals surface area (Å²) < 4.78 is 40.8. The average Bonchev–Trinajstić information content (AvgIpc) is 2.68. The van der Waals surface area contributed by atoms with E-state index in [0.29, 0.717) is 6.07 Å². The molecule has 0 unspecified atom stereocenters. The van der Waals surface area contributed by atoms with E-state index in [1.165, 1.54) is 19.4 Å². The molecule has 1 aromatic carbocycles. The van der Waals surface area contributed by atoms with Gasteiger partial charge >= 0.3 is 11.9 Å². The van der Waals surface area contributed by atoms with Crippen LogP contribution in [0.5, 0.6) is 0 Å². The van der Waals surface area contributed by atoms with Gasteiger partial charge in [-0.1, -0.05) is 0 Å². The number of alkyl halides is 3. The summed E-state index contributed by atoms with van der Waals surface area (Å²) in [5.41, 5.74) is -3.05. The smallest absolute Gasteiger partial charge is 0.302 e. The van der Waals surface area contributed by atoms with Gasteiger partial charge in [0.1, 0.15) is 0 Å². The molecule has 0 aliphatic carbocycles. The van der Waals surface area contributed by atoms with Crippen LogP contribution in [0.4, 0.5) is 18.9 Å². The molecule has 0 radical (unpaired) electrons. The number of halogens is 3. The largest absolute Gasteiger partial charge is 0.418 e. The Bertz CT molecular complexity index is 730. The second kappa shape index (κ2) is 4.51. The Kier molecular flexibility index (Phi) is 3.12. The highest BCUT2D eigenvalue weighted by Gasteiger charge is 2.36. The number of imidazole rings is 1. The zero-order valence-corrected chi connectivity index (χ0v) is 10.1. The Balaban J connectivity index is 2.74. The van der Waals surface area contributed by atoms with Crippen LogP contribution in [-0.4, -0.2) is 14.1 Å². The van der Waals surface area contributed by atoms with E-state index in [0.717, 1.165) is 21.3 Å². The lowest BCUT2D eigenvalue weighted by molar-refractivity contribution is -0.385. The maximum atomic E-state index is 13.0. The van der Waals surface area contributed by atoms with Crippen LogP contribution in [0.15, 0.2) is 35.4 Å². The molecule has 6 nitrogen and oxygen atoms in total. The lowest BCUT2D eigenvalue weighted by Gasteiger charge is -2.12. The van der Waals surface area contributed by atoms with E-state index >= 15 is 0 Å². The van der Waals surface area contributed by atoms with Gasteiger partial charge < -0.3 is 4.57 Å². The number of aromatic nitrogens is 2. The number of hydrogen-bond acceptors (Lipinski definition) is 3. The van der Waals surface area contributed by atoms with E-state index in [1.54, 1.807) is 0 Å². The zero-order valence-electron chi connectivity index (χ0n) is 10.1. The first-order chi connectivity index (χ1) is 9.21. The van der Waals surface area contributed by atoms with Crippen molar-refractivity contribution < 1.29 is 18.1 Å². The van der Waals surface area contributed by atoms with Crippen molar-refractivity contribution in [1.82, 2.24) is 9.13 Å². The second-order valence-electron chi connectivity index (χ2n) is 4.02. The first-order valence-corrected chi connectivity index (χ1v) is 5.32. The standard InChI is InChI=1S/C11H8F3N3O3/c1-15-4-5-16(10(15)18)9-3-2-7(17(19)20)6-8(9)11(12,13)14/h2-6H,1H3. The van der Waals surface area contributed by atoms with Crippen LogP contribution < -0.4 is 5.69 Å². The molecule has 1 heterocycles. The first kappa shape index (κ1) is 13.8. The summed E-state index contributed by atoms with van der Waals surface area (Å²) >= 11 is 0. The lowest BCUT2D eigenvalue weighted by atomic mass is 10.1. The molecule has 0 fully saturated rings. The molecule has 0 atom stereocenters. The summed E-state index contributed by atoms with van der Waals surface area (Å²) in [5.74, 6) is 0. The summed E-state index contributed by atoms with van der Waals surface area (Å²) in [7, 11) is 1.39. The lowest BCUT2D eigenvalue weighted by Crippen LogP contribution is -2.23. The highest BCUT2D eigenvalue weighted by atomic mass is 19.4. The van der Waals surface area contributed by atoms with Gasteiger partial charge in [0.2, 0.25) is 0 Å². The molecular formula is C11H8F3N3O3. The molecule has 0 aliphatic heterocycles. The van der Waals surface area contributed by atoms with Crippen molar-refractivity contribution in [2.75, 3.05) is 0 Å². The number of nitro benzene ring substituents is 1. The number of rotatable bonds is 2. The minimum absolute atomic E-state index is 0.411. The predicted octanol–water partition coefficient (Wildman–Crippen LogP) is 2.10. The van der Waals surface area contributed by atoms with Crippen molar-refractivity contribution in [3.05, 3.63) is 56.8 Å². The third-order valence-electron chi connectivity index (χ3n) is 2.70. The van der Waals surface area contributed by atoms with Gasteiger partial charge in [-0.15, -0.1) is 0 Å². The maximum absolute atomic E-state index is 13.0. The van der Waals surface area contributed by atoms with Crippen molar-refractivity contribution in [3.63, 3.8) is 0 Å². The molecule has 0 amide bonds. The molecule has 0 N–H and O–H groups in total. The first-order valence-electron chi connectivity index (χ1n) is 5.32. The van der Waals surface area contributed by atoms with Gasteiger partial charge in [-0.2, -0.15) is 13.2 Å². The monoisotopic (exact) mass is 287 g/mol. The van der Waals surface area contributed by atoms with Gasteiger partial charge in [0.05, 0.1) is 16.2 Å². The van der Waals surface area contributed by atoms with Gasteiger partial charge in [0.25, 0.3) is 5.69 Å². The Labute approximate surface area is 109 Å². The molecule has 0 aliphatic rings. The number of aryl methyl sites for hydroxylation is 1. The van der Waals surface area contributed by atoms with Crippen LogP contribution in [0, 0.1) is 10.1 Å². The van der Waals surface area contributed by atoms with Gasteiger partial charge in [0.15, 0.2) is 0 Å². The molecule has 0 spiro atoms. The molecule has 1 aromatic heterocycles. The van der Waals surface area contributed by atoms with Crippen molar-refractivity contribution in [1.29, 1.82) is 0 Å². The molecule has 20 heavy (non-hydrogen) atoms. The van der Waals surface area contributed by atoms with Gasteiger partial charge in [-0.25, -0.2) is 4.79 Å². The summed E-state index contributed by atoms with van der Waals surface area (Å²) in [6.07, 6.45) is -2.35. The van der Waals surface area contributed by atoms with E-state index < -0.39 is 33.7 Å². The summed E-state index contributed by atoms with van der Waals surface area (Å²) in [5, 5.41) is 10.6. The van der Waals surface area contributed by atoms with Crippen LogP contribution in [0.2, 0.25) is 0 Å². The summed E-state index contributed by atoms with van der Waals surface area (Å²) in [6, 6.07) is 2.24. The Morgan fingerprint density at radius 3 is 2.35 bits per heavy atom. The van der Waals surface area contributed by atoms with Gasteiger partial charge in [-0.05, 0) is 6.07 Å². The van der Waals surface area contributed by atoms with E-state index in [4.69, 9.17) is 0 Å². The second-order valence-corrected chi connectivity index (χ2v) is 4.02. The Hall–Kier alpha value is -2.58. The fourth-order valence-electron chi connectivity index (χ4n) is 1.72. The number of nitrogens with zero attached hydrogens (tertiary/aromatic N) is 3. The Morgan fingerprint density at radius 1 is 1.25 bits per heavy atom. The maximum Gasteiger partial charge on any atom is 0.418 e. The minimum Gasteiger partial charge on any atom is -0.302 e. The zero-order chi connectivity index (χ0) is 15.1. The average molecular weight is 287 g/mol. The number of non-ortho nitro benzene ring substituents is 1. The number of benzene rings is 1.